The lowest BCUT2D eigenvalue weighted by Gasteiger charge is -2.30. The molecule has 6 heteroatoms. The zero-order valence-corrected chi connectivity index (χ0v) is 14.3. The zero-order chi connectivity index (χ0) is 18.4. The summed E-state index contributed by atoms with van der Waals surface area (Å²) in [5.41, 5.74) is 0.262. The van der Waals surface area contributed by atoms with Crippen LogP contribution in [0.4, 0.5) is 9.18 Å². The van der Waals surface area contributed by atoms with E-state index in [1.807, 2.05) is 30.3 Å². The lowest BCUT2D eigenvalue weighted by atomic mass is 10.1. The van der Waals surface area contributed by atoms with Gasteiger partial charge in [-0.1, -0.05) is 30.3 Å². The van der Waals surface area contributed by atoms with Gasteiger partial charge in [-0.05, 0) is 42.7 Å². The Bertz CT molecular complexity index is 756. The molecule has 26 heavy (non-hydrogen) atoms. The van der Waals surface area contributed by atoms with Crippen LogP contribution in [-0.4, -0.2) is 17.7 Å². The molecule has 136 valence electrons. The van der Waals surface area contributed by atoms with Crippen molar-refractivity contribution in [1.82, 2.24) is 10.6 Å². The molecule has 0 spiro atoms. The Morgan fingerprint density at radius 2 is 1.65 bits per heavy atom. The van der Waals surface area contributed by atoms with Crippen molar-refractivity contribution in [2.75, 3.05) is 0 Å². The highest BCUT2D eigenvalue weighted by Crippen LogP contribution is 2.31. The zero-order valence-electron chi connectivity index (χ0n) is 14.3. The Labute approximate surface area is 151 Å². The second-order valence-electron chi connectivity index (χ2n) is 6.39. The van der Waals surface area contributed by atoms with E-state index >= 15 is 0 Å². The molecular formula is C20H21FN2O3. The molecule has 0 heterocycles. The summed E-state index contributed by atoms with van der Waals surface area (Å²) in [6, 6.07) is 14.8. The average Bonchev–Trinajstić information content (AvgIpc) is 3.09. The molecular weight excluding hydrogens is 335 g/mol. The lowest BCUT2D eigenvalue weighted by molar-refractivity contribution is -0.00718. The molecule has 0 bridgehead atoms. The molecule has 0 saturated heterocycles. The molecule has 1 fully saturated rings. The van der Waals surface area contributed by atoms with Crippen molar-refractivity contribution in [3.05, 3.63) is 71.5 Å². The van der Waals surface area contributed by atoms with Crippen molar-refractivity contribution in [3.8, 4) is 0 Å². The van der Waals surface area contributed by atoms with Gasteiger partial charge in [0.1, 0.15) is 5.82 Å². The maximum atomic E-state index is 13.0. The number of benzene rings is 2. The van der Waals surface area contributed by atoms with Crippen molar-refractivity contribution in [1.29, 1.82) is 0 Å². The molecule has 0 atom stereocenters. The van der Waals surface area contributed by atoms with E-state index in [2.05, 4.69) is 10.6 Å². The van der Waals surface area contributed by atoms with Gasteiger partial charge in [-0.15, -0.1) is 0 Å². The van der Waals surface area contributed by atoms with E-state index in [1.165, 1.54) is 24.3 Å². The highest BCUT2D eigenvalue weighted by Gasteiger charge is 2.39. The van der Waals surface area contributed by atoms with Gasteiger partial charge in [-0.3, -0.25) is 4.79 Å². The maximum absolute atomic E-state index is 13.0. The standard InChI is InChI=1S/C20H21FN2O3/c21-17-10-8-16(9-11-17)18(24)23-20(12-4-5-13-20)26-19(25)22-14-15-6-2-1-3-7-15/h1-3,6-11H,4-5,12-14H2,(H,22,25)(H,23,24). The second-order valence-corrected chi connectivity index (χ2v) is 6.39. The van der Waals surface area contributed by atoms with Crippen LogP contribution < -0.4 is 10.6 Å². The number of nitrogens with one attached hydrogen (secondary N) is 2. The summed E-state index contributed by atoms with van der Waals surface area (Å²) < 4.78 is 18.6. The molecule has 2 aromatic carbocycles. The van der Waals surface area contributed by atoms with Crippen molar-refractivity contribution in [2.24, 2.45) is 0 Å². The van der Waals surface area contributed by atoms with Crippen LogP contribution in [-0.2, 0) is 11.3 Å². The minimum atomic E-state index is -1.02. The topological polar surface area (TPSA) is 67.4 Å². The van der Waals surface area contributed by atoms with Gasteiger partial charge in [-0.25, -0.2) is 9.18 Å². The van der Waals surface area contributed by atoms with Gasteiger partial charge >= 0.3 is 6.09 Å². The van der Waals surface area contributed by atoms with Crippen molar-refractivity contribution in [2.45, 2.75) is 38.0 Å². The Kier molecular flexibility index (Phi) is 5.51. The number of ether oxygens (including phenoxy) is 1. The molecule has 1 aliphatic carbocycles. The van der Waals surface area contributed by atoms with E-state index in [0.29, 0.717) is 24.9 Å². The van der Waals surface area contributed by atoms with Gasteiger partial charge < -0.3 is 15.4 Å². The number of alkyl carbamates (subject to hydrolysis) is 1. The molecule has 3 rings (SSSR count). The summed E-state index contributed by atoms with van der Waals surface area (Å²) in [4.78, 5) is 24.6. The van der Waals surface area contributed by atoms with E-state index in [1.54, 1.807) is 0 Å². The number of amides is 2. The van der Waals surface area contributed by atoms with Crippen LogP contribution in [0.5, 0.6) is 0 Å². The third kappa shape index (κ3) is 4.59. The summed E-state index contributed by atoms with van der Waals surface area (Å²) >= 11 is 0. The molecule has 5 nitrogen and oxygen atoms in total. The number of carbonyl (C=O) groups is 2. The minimum absolute atomic E-state index is 0.325. The molecule has 1 aliphatic rings. The van der Waals surface area contributed by atoms with Crippen LogP contribution in [0.1, 0.15) is 41.6 Å². The Balaban J connectivity index is 1.61. The highest BCUT2D eigenvalue weighted by atomic mass is 19.1. The third-order valence-electron chi connectivity index (χ3n) is 4.43. The van der Waals surface area contributed by atoms with Crippen LogP contribution in [0.2, 0.25) is 0 Å². The van der Waals surface area contributed by atoms with Gasteiger partial charge in [0.2, 0.25) is 0 Å². The summed E-state index contributed by atoms with van der Waals surface area (Å²) in [6.07, 6.45) is 2.25. The smallest absolute Gasteiger partial charge is 0.409 e. The van der Waals surface area contributed by atoms with Crippen molar-refractivity contribution >= 4 is 12.0 Å². The number of carbonyl (C=O) groups excluding carboxylic acids is 2. The summed E-state index contributed by atoms with van der Waals surface area (Å²) in [5, 5.41) is 5.52. The molecule has 2 aromatic rings. The first kappa shape index (κ1) is 17.9. The first-order valence-electron chi connectivity index (χ1n) is 8.65. The van der Waals surface area contributed by atoms with Gasteiger partial charge in [0.05, 0.1) is 0 Å². The third-order valence-corrected chi connectivity index (χ3v) is 4.43. The normalized spacial score (nSPS) is 15.3. The van der Waals surface area contributed by atoms with E-state index in [0.717, 1.165) is 18.4 Å². The largest absolute Gasteiger partial charge is 0.423 e. The van der Waals surface area contributed by atoms with Crippen LogP contribution in [0.15, 0.2) is 54.6 Å². The number of hydrogen-bond donors (Lipinski definition) is 2. The van der Waals surface area contributed by atoms with Gasteiger partial charge in [-0.2, -0.15) is 0 Å². The fraction of sp³-hybridized carbons (Fsp3) is 0.300. The molecule has 2 amide bonds. The lowest BCUT2D eigenvalue weighted by Crippen LogP contribution is -2.51. The fourth-order valence-corrected chi connectivity index (χ4v) is 3.06. The monoisotopic (exact) mass is 356 g/mol. The van der Waals surface area contributed by atoms with Gasteiger partial charge in [0.15, 0.2) is 5.72 Å². The van der Waals surface area contributed by atoms with Crippen LogP contribution in [0.3, 0.4) is 0 Å². The Morgan fingerprint density at radius 3 is 2.31 bits per heavy atom. The first-order chi connectivity index (χ1) is 12.6. The van der Waals surface area contributed by atoms with Crippen LogP contribution >= 0.6 is 0 Å². The van der Waals surface area contributed by atoms with Gasteiger partial charge in [0.25, 0.3) is 5.91 Å². The van der Waals surface area contributed by atoms with E-state index in [4.69, 9.17) is 4.74 Å². The first-order valence-corrected chi connectivity index (χ1v) is 8.65. The number of rotatable bonds is 5. The van der Waals surface area contributed by atoms with E-state index in [9.17, 15) is 14.0 Å². The quantitative estimate of drug-likeness (QED) is 0.802. The van der Waals surface area contributed by atoms with Gasteiger partial charge in [0, 0.05) is 24.9 Å². The molecule has 2 N–H and O–H groups in total. The van der Waals surface area contributed by atoms with E-state index in [-0.39, 0.29) is 5.91 Å². The maximum Gasteiger partial charge on any atom is 0.409 e. The highest BCUT2D eigenvalue weighted by molar-refractivity contribution is 5.94. The van der Waals surface area contributed by atoms with Crippen LogP contribution in [0, 0.1) is 5.82 Å². The molecule has 0 aromatic heterocycles. The molecule has 0 unspecified atom stereocenters. The Morgan fingerprint density at radius 1 is 1.00 bits per heavy atom. The predicted molar refractivity (Wildman–Crippen MR) is 94.8 cm³/mol. The van der Waals surface area contributed by atoms with Crippen molar-refractivity contribution < 1.29 is 18.7 Å². The Hall–Kier alpha value is -2.89. The second kappa shape index (κ2) is 7.99. The number of halogens is 1. The average molecular weight is 356 g/mol. The molecule has 0 radical (unpaired) electrons. The fourth-order valence-electron chi connectivity index (χ4n) is 3.06. The van der Waals surface area contributed by atoms with Crippen LogP contribution in [0.25, 0.3) is 0 Å². The molecule has 1 saturated carbocycles. The summed E-state index contributed by atoms with van der Waals surface area (Å²) in [7, 11) is 0. The van der Waals surface area contributed by atoms with E-state index < -0.39 is 17.6 Å². The summed E-state index contributed by atoms with van der Waals surface area (Å²) in [5.74, 6) is -0.795. The minimum Gasteiger partial charge on any atom is -0.423 e. The number of hydrogen-bond acceptors (Lipinski definition) is 3. The molecule has 0 aliphatic heterocycles. The predicted octanol–water partition coefficient (Wildman–Crippen LogP) is 3.75. The summed E-state index contributed by atoms with van der Waals surface area (Å²) in [6.45, 7) is 0.349. The van der Waals surface area contributed by atoms with Crippen molar-refractivity contribution in [3.63, 3.8) is 0 Å². The SMILES string of the molecule is O=C(NCc1ccccc1)OC1(NC(=O)c2ccc(F)cc2)CCCC1.